The summed E-state index contributed by atoms with van der Waals surface area (Å²) < 4.78 is 1.95. The molecular formula is C16H27N3O. The fraction of sp³-hybridized carbons (Fsp3) is 0.688. The van der Waals surface area contributed by atoms with Crippen LogP contribution in [0.15, 0.2) is 12.3 Å². The first-order valence-electron chi connectivity index (χ1n) is 7.94. The van der Waals surface area contributed by atoms with E-state index >= 15 is 0 Å². The number of aryl methyl sites for hydroxylation is 1. The molecule has 0 aliphatic heterocycles. The van der Waals surface area contributed by atoms with Crippen molar-refractivity contribution in [2.24, 2.45) is 5.92 Å². The number of carbonyl (C=O) groups is 1. The highest BCUT2D eigenvalue weighted by atomic mass is 16.1. The Morgan fingerprint density at radius 2 is 2.15 bits per heavy atom. The van der Waals surface area contributed by atoms with Gasteiger partial charge >= 0.3 is 0 Å². The van der Waals surface area contributed by atoms with Gasteiger partial charge in [0.1, 0.15) is 5.69 Å². The van der Waals surface area contributed by atoms with Crippen molar-refractivity contribution < 1.29 is 4.79 Å². The van der Waals surface area contributed by atoms with E-state index in [-0.39, 0.29) is 5.91 Å². The predicted octanol–water partition coefficient (Wildman–Crippen LogP) is 3.18. The molecule has 0 saturated heterocycles. The second-order valence-electron chi connectivity index (χ2n) is 5.90. The molecule has 0 atom stereocenters. The number of nitrogens with zero attached hydrogens (tertiary/aromatic N) is 1. The summed E-state index contributed by atoms with van der Waals surface area (Å²) in [6.45, 7) is 3.71. The second-order valence-corrected chi connectivity index (χ2v) is 5.90. The number of amides is 1. The molecule has 0 bridgehead atoms. The van der Waals surface area contributed by atoms with Crippen molar-refractivity contribution in [3.05, 3.63) is 18.0 Å². The quantitative estimate of drug-likeness (QED) is 0.839. The summed E-state index contributed by atoms with van der Waals surface area (Å²) in [6, 6.07) is 1.77. The molecule has 1 heterocycles. The summed E-state index contributed by atoms with van der Waals surface area (Å²) in [4.78, 5) is 12.2. The number of nitrogens with one attached hydrogen (secondary N) is 1. The Labute approximate surface area is 121 Å². The van der Waals surface area contributed by atoms with Gasteiger partial charge in [-0.1, -0.05) is 39.0 Å². The molecule has 1 aliphatic carbocycles. The van der Waals surface area contributed by atoms with Crippen LogP contribution in [-0.2, 0) is 6.54 Å². The fourth-order valence-electron chi connectivity index (χ4n) is 3.11. The van der Waals surface area contributed by atoms with E-state index in [4.69, 9.17) is 5.73 Å². The zero-order chi connectivity index (χ0) is 14.4. The molecule has 3 N–H and O–H groups in total. The van der Waals surface area contributed by atoms with Crippen LogP contribution in [-0.4, -0.2) is 17.0 Å². The van der Waals surface area contributed by atoms with Crippen LogP contribution < -0.4 is 11.1 Å². The number of hydrogen-bond acceptors (Lipinski definition) is 2. The second kappa shape index (κ2) is 7.36. The van der Waals surface area contributed by atoms with Crippen molar-refractivity contribution in [1.29, 1.82) is 0 Å². The zero-order valence-electron chi connectivity index (χ0n) is 12.5. The molecule has 1 fully saturated rings. The smallest absolute Gasteiger partial charge is 0.267 e. The number of aromatic nitrogens is 1. The van der Waals surface area contributed by atoms with Crippen LogP contribution in [0.4, 0.5) is 5.69 Å². The minimum Gasteiger partial charge on any atom is -0.397 e. The van der Waals surface area contributed by atoms with Crippen LogP contribution in [0.2, 0.25) is 0 Å². The molecule has 112 valence electrons. The van der Waals surface area contributed by atoms with Gasteiger partial charge in [0.2, 0.25) is 0 Å². The van der Waals surface area contributed by atoms with Crippen LogP contribution in [0.1, 0.15) is 62.4 Å². The zero-order valence-corrected chi connectivity index (χ0v) is 12.5. The molecule has 2 rings (SSSR count). The first-order chi connectivity index (χ1) is 9.70. The van der Waals surface area contributed by atoms with E-state index in [0.29, 0.717) is 11.4 Å². The maximum Gasteiger partial charge on any atom is 0.267 e. The first kappa shape index (κ1) is 14.9. The van der Waals surface area contributed by atoms with Gasteiger partial charge in [0.15, 0.2) is 0 Å². The van der Waals surface area contributed by atoms with Crippen molar-refractivity contribution in [2.75, 3.05) is 12.3 Å². The fourth-order valence-corrected chi connectivity index (χ4v) is 3.11. The molecule has 0 radical (unpaired) electrons. The number of hydrogen-bond donors (Lipinski definition) is 2. The van der Waals surface area contributed by atoms with E-state index < -0.39 is 0 Å². The lowest BCUT2D eigenvalue weighted by molar-refractivity contribution is 0.0941. The number of carbonyl (C=O) groups excluding carboxylic acids is 1. The first-order valence-corrected chi connectivity index (χ1v) is 7.94. The van der Waals surface area contributed by atoms with Gasteiger partial charge in [-0.15, -0.1) is 0 Å². The average Bonchev–Trinajstić information content (AvgIpc) is 2.81. The molecule has 1 saturated carbocycles. The summed E-state index contributed by atoms with van der Waals surface area (Å²) in [7, 11) is 0. The summed E-state index contributed by atoms with van der Waals surface area (Å²) in [6.07, 6.45) is 10.7. The van der Waals surface area contributed by atoms with Crippen molar-refractivity contribution in [2.45, 2.75) is 58.4 Å². The van der Waals surface area contributed by atoms with Gasteiger partial charge in [-0.05, 0) is 24.8 Å². The van der Waals surface area contributed by atoms with Gasteiger partial charge < -0.3 is 15.6 Å². The molecule has 20 heavy (non-hydrogen) atoms. The third-order valence-electron chi connectivity index (χ3n) is 4.18. The molecule has 0 aromatic carbocycles. The number of anilines is 1. The highest BCUT2D eigenvalue weighted by Gasteiger charge is 2.15. The van der Waals surface area contributed by atoms with E-state index in [2.05, 4.69) is 12.2 Å². The van der Waals surface area contributed by atoms with Crippen LogP contribution >= 0.6 is 0 Å². The van der Waals surface area contributed by atoms with Gasteiger partial charge in [-0.2, -0.15) is 0 Å². The van der Waals surface area contributed by atoms with E-state index in [1.807, 2.05) is 10.8 Å². The third-order valence-corrected chi connectivity index (χ3v) is 4.18. The average molecular weight is 277 g/mol. The summed E-state index contributed by atoms with van der Waals surface area (Å²) >= 11 is 0. The van der Waals surface area contributed by atoms with Crippen LogP contribution in [0.5, 0.6) is 0 Å². The third kappa shape index (κ3) is 4.02. The Bertz CT molecular complexity index is 433. The van der Waals surface area contributed by atoms with E-state index in [9.17, 15) is 4.79 Å². The van der Waals surface area contributed by atoms with Gasteiger partial charge in [0, 0.05) is 19.3 Å². The van der Waals surface area contributed by atoms with Crippen molar-refractivity contribution in [3.8, 4) is 0 Å². The molecular weight excluding hydrogens is 250 g/mol. The standard InChI is InChI=1S/C16H27N3O/c1-2-10-19-12-14(17)11-15(19)16(20)18-9-8-13-6-4-3-5-7-13/h11-13H,2-10,17H2,1H3,(H,18,20). The van der Waals surface area contributed by atoms with Gasteiger partial charge in [0.05, 0.1) is 5.69 Å². The Kier molecular flexibility index (Phi) is 5.50. The summed E-state index contributed by atoms with van der Waals surface area (Å²) in [5, 5.41) is 3.04. The molecule has 1 aliphatic rings. The lowest BCUT2D eigenvalue weighted by Crippen LogP contribution is -2.28. The Morgan fingerprint density at radius 1 is 1.40 bits per heavy atom. The minimum absolute atomic E-state index is 0.00552. The largest absolute Gasteiger partial charge is 0.397 e. The molecule has 0 spiro atoms. The predicted molar refractivity (Wildman–Crippen MR) is 82.7 cm³/mol. The van der Waals surface area contributed by atoms with Gasteiger partial charge in [-0.25, -0.2) is 0 Å². The molecule has 1 aromatic heterocycles. The minimum atomic E-state index is 0.00552. The highest BCUT2D eigenvalue weighted by Crippen LogP contribution is 2.25. The lowest BCUT2D eigenvalue weighted by Gasteiger charge is -2.21. The van der Waals surface area contributed by atoms with Crippen LogP contribution in [0.3, 0.4) is 0 Å². The van der Waals surface area contributed by atoms with Crippen molar-refractivity contribution in [1.82, 2.24) is 9.88 Å². The number of nitrogen functional groups attached to an aromatic ring is 1. The monoisotopic (exact) mass is 277 g/mol. The highest BCUT2D eigenvalue weighted by molar-refractivity contribution is 5.93. The lowest BCUT2D eigenvalue weighted by atomic mass is 9.87. The van der Waals surface area contributed by atoms with Gasteiger partial charge in [0.25, 0.3) is 5.91 Å². The SMILES string of the molecule is CCCn1cc(N)cc1C(=O)NCCC1CCCCC1. The number of rotatable bonds is 6. The van der Waals surface area contributed by atoms with Gasteiger partial charge in [-0.3, -0.25) is 4.79 Å². The Morgan fingerprint density at radius 3 is 2.85 bits per heavy atom. The van der Waals surface area contributed by atoms with E-state index in [0.717, 1.165) is 31.8 Å². The normalized spacial score (nSPS) is 16.2. The summed E-state index contributed by atoms with van der Waals surface area (Å²) in [5.74, 6) is 0.808. The van der Waals surface area contributed by atoms with E-state index in [1.165, 1.54) is 32.1 Å². The Hall–Kier alpha value is -1.45. The van der Waals surface area contributed by atoms with E-state index in [1.54, 1.807) is 6.07 Å². The molecule has 1 amide bonds. The van der Waals surface area contributed by atoms with Crippen LogP contribution in [0, 0.1) is 5.92 Å². The van der Waals surface area contributed by atoms with Crippen molar-refractivity contribution >= 4 is 11.6 Å². The molecule has 1 aromatic rings. The Balaban J connectivity index is 1.81. The topological polar surface area (TPSA) is 60.0 Å². The maximum absolute atomic E-state index is 12.2. The molecule has 4 nitrogen and oxygen atoms in total. The van der Waals surface area contributed by atoms with Crippen molar-refractivity contribution in [3.63, 3.8) is 0 Å². The summed E-state index contributed by atoms with van der Waals surface area (Å²) in [5.41, 5.74) is 7.14. The maximum atomic E-state index is 12.2. The molecule has 4 heteroatoms. The van der Waals surface area contributed by atoms with Crippen LogP contribution in [0.25, 0.3) is 0 Å². The molecule has 0 unspecified atom stereocenters. The number of nitrogens with two attached hydrogens (primary N) is 1.